The van der Waals surface area contributed by atoms with Crippen molar-refractivity contribution in [3.8, 4) is 0 Å². The molecule has 0 saturated carbocycles. The average Bonchev–Trinajstić information content (AvgIpc) is 2.27. The molecule has 18 heavy (non-hydrogen) atoms. The minimum Gasteiger partial charge on any atom is -0.375 e. The molecule has 1 aromatic carbocycles. The Labute approximate surface area is 121 Å². The summed E-state index contributed by atoms with van der Waals surface area (Å²) in [6, 6.07) is 5.67. The molecule has 5 heteroatoms. The van der Waals surface area contributed by atoms with Gasteiger partial charge in [0.15, 0.2) is 0 Å². The van der Waals surface area contributed by atoms with Gasteiger partial charge in [-0.15, -0.1) is 0 Å². The zero-order chi connectivity index (χ0) is 13.7. The first kappa shape index (κ1) is 15.3. The van der Waals surface area contributed by atoms with Gasteiger partial charge in [-0.3, -0.25) is 4.79 Å². The van der Waals surface area contributed by atoms with Crippen LogP contribution in [-0.2, 0) is 4.79 Å². The molecular weight excluding hydrogens is 316 g/mol. The van der Waals surface area contributed by atoms with E-state index in [0.717, 1.165) is 10.2 Å². The van der Waals surface area contributed by atoms with Crippen molar-refractivity contribution in [1.82, 2.24) is 5.32 Å². The van der Waals surface area contributed by atoms with E-state index in [9.17, 15) is 4.79 Å². The van der Waals surface area contributed by atoms with Gasteiger partial charge in [-0.2, -0.15) is 0 Å². The van der Waals surface area contributed by atoms with E-state index in [1.807, 2.05) is 19.1 Å². The maximum absolute atomic E-state index is 11.7. The van der Waals surface area contributed by atoms with Gasteiger partial charge in [0, 0.05) is 10.5 Å². The van der Waals surface area contributed by atoms with Crippen molar-refractivity contribution in [3.05, 3.63) is 27.7 Å². The number of nitrogens with one attached hydrogen (secondary N) is 2. The predicted molar refractivity (Wildman–Crippen MR) is 80.1 cm³/mol. The quantitative estimate of drug-likeness (QED) is 0.863. The molecule has 3 nitrogen and oxygen atoms in total. The van der Waals surface area contributed by atoms with E-state index in [-0.39, 0.29) is 18.5 Å². The summed E-state index contributed by atoms with van der Waals surface area (Å²) in [6.45, 7) is 6.36. The van der Waals surface area contributed by atoms with Crippen LogP contribution >= 0.6 is 27.5 Å². The van der Waals surface area contributed by atoms with Gasteiger partial charge in [-0.05, 0) is 31.0 Å². The number of carbonyl (C=O) groups excluding carboxylic acids is 1. The van der Waals surface area contributed by atoms with Crippen LogP contribution in [0.15, 0.2) is 22.7 Å². The van der Waals surface area contributed by atoms with Crippen LogP contribution in [0.4, 0.5) is 5.69 Å². The molecule has 0 aromatic heterocycles. The molecule has 2 N–H and O–H groups in total. The van der Waals surface area contributed by atoms with E-state index in [0.29, 0.717) is 10.9 Å². The maximum atomic E-state index is 11.7. The predicted octanol–water partition coefficient (Wildman–Crippen LogP) is 3.68. The first-order chi connectivity index (χ1) is 8.40. The van der Waals surface area contributed by atoms with Crippen molar-refractivity contribution in [2.24, 2.45) is 5.92 Å². The highest BCUT2D eigenvalue weighted by Gasteiger charge is 2.10. The van der Waals surface area contributed by atoms with Gasteiger partial charge in [-0.1, -0.05) is 41.4 Å². The Hall–Kier alpha value is -0.740. The summed E-state index contributed by atoms with van der Waals surface area (Å²) in [4.78, 5) is 11.7. The van der Waals surface area contributed by atoms with Crippen LogP contribution in [0, 0.1) is 5.92 Å². The fourth-order valence-corrected chi connectivity index (χ4v) is 2.02. The lowest BCUT2D eigenvalue weighted by Gasteiger charge is -2.18. The largest absolute Gasteiger partial charge is 0.375 e. The van der Waals surface area contributed by atoms with E-state index in [1.54, 1.807) is 6.07 Å². The van der Waals surface area contributed by atoms with E-state index in [1.165, 1.54) is 0 Å². The highest BCUT2D eigenvalue weighted by molar-refractivity contribution is 9.10. The highest BCUT2D eigenvalue weighted by atomic mass is 79.9. The summed E-state index contributed by atoms with van der Waals surface area (Å²) in [5.41, 5.74) is 0.757. The van der Waals surface area contributed by atoms with Crippen LogP contribution in [0.2, 0.25) is 5.02 Å². The third-order valence-electron chi connectivity index (χ3n) is 2.76. The summed E-state index contributed by atoms with van der Waals surface area (Å²) in [5, 5.41) is 6.54. The third kappa shape index (κ3) is 4.86. The van der Waals surface area contributed by atoms with Gasteiger partial charge < -0.3 is 10.6 Å². The van der Waals surface area contributed by atoms with E-state index >= 15 is 0 Å². The monoisotopic (exact) mass is 332 g/mol. The van der Waals surface area contributed by atoms with E-state index < -0.39 is 0 Å². The van der Waals surface area contributed by atoms with Gasteiger partial charge in [0.05, 0.1) is 17.3 Å². The second-order valence-corrected chi connectivity index (χ2v) is 5.90. The smallest absolute Gasteiger partial charge is 0.239 e. The van der Waals surface area contributed by atoms with Crippen LogP contribution in [0.1, 0.15) is 20.8 Å². The molecule has 1 unspecified atom stereocenters. The van der Waals surface area contributed by atoms with Crippen LogP contribution in [0.3, 0.4) is 0 Å². The van der Waals surface area contributed by atoms with Gasteiger partial charge in [0.1, 0.15) is 0 Å². The number of rotatable bonds is 5. The number of anilines is 1. The lowest BCUT2D eigenvalue weighted by molar-refractivity contribution is -0.120. The van der Waals surface area contributed by atoms with Crippen molar-refractivity contribution in [2.45, 2.75) is 26.8 Å². The molecule has 0 heterocycles. The molecule has 0 spiro atoms. The molecule has 0 aliphatic rings. The average molecular weight is 334 g/mol. The number of benzene rings is 1. The van der Waals surface area contributed by atoms with E-state index in [2.05, 4.69) is 40.4 Å². The molecule has 0 radical (unpaired) electrons. The number of hydrogen-bond acceptors (Lipinski definition) is 2. The fraction of sp³-hybridized carbons (Fsp3) is 0.462. The standard InChI is InChI=1S/C13H18BrClN2O/c1-8(2)9(3)17-13(18)7-16-12-5-4-10(14)6-11(12)15/h4-6,8-9,16H,7H2,1-3H3,(H,17,18). The zero-order valence-electron chi connectivity index (χ0n) is 10.8. The molecule has 1 aromatic rings. The third-order valence-corrected chi connectivity index (χ3v) is 3.57. The number of amides is 1. The summed E-state index contributed by atoms with van der Waals surface area (Å²) in [5.74, 6) is 0.389. The summed E-state index contributed by atoms with van der Waals surface area (Å²) >= 11 is 9.38. The Bertz CT molecular complexity index is 423. The van der Waals surface area contributed by atoms with Crippen molar-refractivity contribution in [3.63, 3.8) is 0 Å². The van der Waals surface area contributed by atoms with Gasteiger partial charge in [0.2, 0.25) is 5.91 Å². The maximum Gasteiger partial charge on any atom is 0.239 e. The molecule has 0 aliphatic carbocycles. The van der Waals surface area contributed by atoms with Crippen molar-refractivity contribution in [1.29, 1.82) is 0 Å². The Morgan fingerprint density at radius 3 is 2.61 bits per heavy atom. The van der Waals surface area contributed by atoms with Crippen LogP contribution < -0.4 is 10.6 Å². The topological polar surface area (TPSA) is 41.1 Å². The molecular formula is C13H18BrClN2O. The molecule has 0 saturated heterocycles. The Balaban J connectivity index is 2.47. The second kappa shape index (κ2) is 7.00. The Kier molecular flexibility index (Phi) is 5.96. The number of hydrogen-bond donors (Lipinski definition) is 2. The van der Waals surface area contributed by atoms with Crippen molar-refractivity contribution in [2.75, 3.05) is 11.9 Å². The van der Waals surface area contributed by atoms with Crippen molar-refractivity contribution < 1.29 is 4.79 Å². The zero-order valence-corrected chi connectivity index (χ0v) is 13.1. The van der Waals surface area contributed by atoms with Crippen LogP contribution in [-0.4, -0.2) is 18.5 Å². The highest BCUT2D eigenvalue weighted by Crippen LogP contribution is 2.25. The molecule has 1 amide bonds. The van der Waals surface area contributed by atoms with Crippen LogP contribution in [0.25, 0.3) is 0 Å². The van der Waals surface area contributed by atoms with Crippen molar-refractivity contribution >= 4 is 39.1 Å². The molecule has 1 rings (SSSR count). The Morgan fingerprint density at radius 2 is 2.06 bits per heavy atom. The molecule has 0 fully saturated rings. The number of carbonyl (C=O) groups is 1. The summed E-state index contributed by atoms with van der Waals surface area (Å²) in [6.07, 6.45) is 0. The number of halogens is 2. The minimum atomic E-state index is -0.0322. The molecule has 100 valence electrons. The molecule has 0 bridgehead atoms. The van der Waals surface area contributed by atoms with E-state index in [4.69, 9.17) is 11.6 Å². The van der Waals surface area contributed by atoms with Gasteiger partial charge in [0.25, 0.3) is 0 Å². The lowest BCUT2D eigenvalue weighted by atomic mass is 10.1. The van der Waals surface area contributed by atoms with Gasteiger partial charge in [-0.25, -0.2) is 0 Å². The normalized spacial score (nSPS) is 12.3. The van der Waals surface area contributed by atoms with Gasteiger partial charge >= 0.3 is 0 Å². The first-order valence-electron chi connectivity index (χ1n) is 5.88. The summed E-state index contributed by atoms with van der Waals surface area (Å²) < 4.78 is 0.913. The lowest BCUT2D eigenvalue weighted by Crippen LogP contribution is -2.39. The molecule has 0 aliphatic heterocycles. The summed E-state index contributed by atoms with van der Waals surface area (Å²) in [7, 11) is 0. The minimum absolute atomic E-state index is 0.0322. The van der Waals surface area contributed by atoms with Crippen LogP contribution in [0.5, 0.6) is 0 Å². The molecule has 1 atom stereocenters. The first-order valence-corrected chi connectivity index (χ1v) is 7.05. The SMILES string of the molecule is CC(C)C(C)NC(=O)CNc1ccc(Br)cc1Cl. The Morgan fingerprint density at radius 1 is 1.39 bits per heavy atom. The second-order valence-electron chi connectivity index (χ2n) is 4.58. The fourth-order valence-electron chi connectivity index (χ4n) is 1.28.